The molecular formula is C8H20N2S3. The zero-order valence-corrected chi connectivity index (χ0v) is 11.8. The summed E-state index contributed by atoms with van der Waals surface area (Å²) in [7, 11) is 0. The SMILES string of the molecule is CC(C)(C)N(S)SN(S)C(C)(C)C. The summed E-state index contributed by atoms with van der Waals surface area (Å²) in [6.45, 7) is 12.7. The Morgan fingerprint density at radius 1 is 0.769 bits per heavy atom. The molecule has 0 aromatic rings. The van der Waals surface area contributed by atoms with Gasteiger partial charge in [-0.3, -0.25) is 0 Å². The minimum absolute atomic E-state index is 0.0278. The first kappa shape index (κ1) is 14.0. The lowest BCUT2D eigenvalue weighted by Gasteiger charge is -2.36. The van der Waals surface area contributed by atoms with Gasteiger partial charge in [0.15, 0.2) is 0 Å². The second-order valence-electron chi connectivity index (χ2n) is 4.97. The van der Waals surface area contributed by atoms with Gasteiger partial charge in [-0.2, -0.15) is 7.42 Å². The molecule has 5 heteroatoms. The zero-order valence-electron chi connectivity index (χ0n) is 9.20. The van der Waals surface area contributed by atoms with Crippen molar-refractivity contribution in [1.82, 2.24) is 7.42 Å². The van der Waals surface area contributed by atoms with Crippen molar-refractivity contribution >= 4 is 37.8 Å². The summed E-state index contributed by atoms with van der Waals surface area (Å²) < 4.78 is 3.79. The van der Waals surface area contributed by atoms with Gasteiger partial charge in [0, 0.05) is 23.2 Å². The minimum Gasteiger partial charge on any atom is -0.178 e. The highest BCUT2D eigenvalue weighted by Crippen LogP contribution is 2.34. The Morgan fingerprint density at radius 2 is 1.00 bits per heavy atom. The van der Waals surface area contributed by atoms with E-state index in [0.717, 1.165) is 0 Å². The highest BCUT2D eigenvalue weighted by molar-refractivity contribution is 8.09. The summed E-state index contributed by atoms with van der Waals surface area (Å²) in [5.41, 5.74) is 0.0556. The van der Waals surface area contributed by atoms with Crippen molar-refractivity contribution in [2.24, 2.45) is 0 Å². The van der Waals surface area contributed by atoms with E-state index in [1.807, 2.05) is 7.42 Å². The number of thiol groups is 2. The van der Waals surface area contributed by atoms with E-state index >= 15 is 0 Å². The van der Waals surface area contributed by atoms with Crippen molar-refractivity contribution in [3.8, 4) is 0 Å². The van der Waals surface area contributed by atoms with Crippen LogP contribution in [0.25, 0.3) is 0 Å². The van der Waals surface area contributed by atoms with Gasteiger partial charge in [-0.25, -0.2) is 0 Å². The standard InChI is InChI=1S/C8H20N2S3/c1-7(2,3)9(11)13-10(12)8(4,5)6/h11-12H,1-6H3. The molecule has 0 aromatic carbocycles. The maximum absolute atomic E-state index is 4.39. The fourth-order valence-electron chi connectivity index (χ4n) is 0.318. The molecule has 0 N–H and O–H groups in total. The lowest BCUT2D eigenvalue weighted by atomic mass is 10.1. The summed E-state index contributed by atoms with van der Waals surface area (Å²) in [4.78, 5) is 0. The maximum atomic E-state index is 4.39. The van der Waals surface area contributed by atoms with Crippen LogP contribution < -0.4 is 0 Å². The van der Waals surface area contributed by atoms with E-state index in [9.17, 15) is 0 Å². The van der Waals surface area contributed by atoms with Gasteiger partial charge in [-0.1, -0.05) is 25.6 Å². The van der Waals surface area contributed by atoms with Gasteiger partial charge in [0.05, 0.1) is 0 Å². The largest absolute Gasteiger partial charge is 0.178 e. The van der Waals surface area contributed by atoms with E-state index < -0.39 is 0 Å². The van der Waals surface area contributed by atoms with E-state index in [1.165, 1.54) is 12.1 Å². The van der Waals surface area contributed by atoms with Crippen LogP contribution in [0.15, 0.2) is 0 Å². The Bertz CT molecular complexity index is 142. The van der Waals surface area contributed by atoms with E-state index in [2.05, 4.69) is 67.2 Å². The summed E-state index contributed by atoms with van der Waals surface area (Å²) in [5.74, 6) is 0. The zero-order chi connectivity index (χ0) is 10.9. The third-order valence-electron chi connectivity index (χ3n) is 1.30. The van der Waals surface area contributed by atoms with Crippen molar-refractivity contribution in [2.75, 3.05) is 0 Å². The molecule has 0 unspecified atom stereocenters. The van der Waals surface area contributed by atoms with Gasteiger partial charge in [0.2, 0.25) is 0 Å². The van der Waals surface area contributed by atoms with E-state index in [4.69, 9.17) is 0 Å². The molecule has 0 spiro atoms. The van der Waals surface area contributed by atoms with Crippen LogP contribution in [0.4, 0.5) is 0 Å². The van der Waals surface area contributed by atoms with Gasteiger partial charge in [0.1, 0.15) is 0 Å². The molecule has 2 nitrogen and oxygen atoms in total. The second kappa shape index (κ2) is 4.66. The predicted molar refractivity (Wildman–Crippen MR) is 68.7 cm³/mol. The van der Waals surface area contributed by atoms with Gasteiger partial charge >= 0.3 is 0 Å². The van der Waals surface area contributed by atoms with Crippen molar-refractivity contribution in [3.05, 3.63) is 0 Å². The molecule has 0 amide bonds. The topological polar surface area (TPSA) is 6.48 Å². The van der Waals surface area contributed by atoms with E-state index in [1.54, 1.807) is 0 Å². The number of hydrogen-bond acceptors (Lipinski definition) is 5. The molecule has 0 aliphatic carbocycles. The molecular weight excluding hydrogens is 220 g/mol. The average Bonchev–Trinajstić information content (AvgIpc) is 1.82. The molecule has 0 saturated carbocycles. The molecule has 0 rings (SSSR count). The molecule has 0 heterocycles. The Balaban J connectivity index is 4.15. The van der Waals surface area contributed by atoms with Gasteiger partial charge in [-0.05, 0) is 41.5 Å². The van der Waals surface area contributed by atoms with Crippen molar-refractivity contribution in [3.63, 3.8) is 0 Å². The van der Waals surface area contributed by atoms with Crippen LogP contribution in [-0.4, -0.2) is 18.5 Å². The molecule has 0 aliphatic heterocycles. The lowest BCUT2D eigenvalue weighted by Crippen LogP contribution is -2.36. The third kappa shape index (κ3) is 5.42. The van der Waals surface area contributed by atoms with Crippen molar-refractivity contribution < 1.29 is 0 Å². The van der Waals surface area contributed by atoms with Crippen LogP contribution in [0.2, 0.25) is 0 Å². The highest BCUT2D eigenvalue weighted by atomic mass is 32.2. The molecule has 0 fully saturated rings. The Hall–Kier alpha value is 0.970. The van der Waals surface area contributed by atoms with Gasteiger partial charge < -0.3 is 0 Å². The highest BCUT2D eigenvalue weighted by Gasteiger charge is 2.26. The molecule has 13 heavy (non-hydrogen) atoms. The van der Waals surface area contributed by atoms with Gasteiger partial charge in [0.25, 0.3) is 0 Å². The summed E-state index contributed by atoms with van der Waals surface area (Å²) in [5, 5.41) is 0. The Kier molecular flexibility index (Phi) is 5.01. The lowest BCUT2D eigenvalue weighted by molar-refractivity contribution is 0.374. The Labute approximate surface area is 97.8 Å². The fourth-order valence-corrected chi connectivity index (χ4v) is 1.57. The number of hydrogen-bond donors (Lipinski definition) is 2. The first-order valence-corrected chi connectivity index (χ1v) is 5.74. The van der Waals surface area contributed by atoms with Crippen molar-refractivity contribution in [2.45, 2.75) is 52.6 Å². The van der Waals surface area contributed by atoms with Crippen LogP contribution in [0, 0.1) is 0 Å². The molecule has 0 saturated heterocycles. The summed E-state index contributed by atoms with van der Waals surface area (Å²) >= 11 is 10.3. The van der Waals surface area contributed by atoms with E-state index in [0.29, 0.717) is 0 Å². The molecule has 0 atom stereocenters. The monoisotopic (exact) mass is 240 g/mol. The summed E-state index contributed by atoms with van der Waals surface area (Å²) in [6.07, 6.45) is 0. The van der Waals surface area contributed by atoms with Crippen LogP contribution in [-0.2, 0) is 0 Å². The maximum Gasteiger partial charge on any atom is 0.0351 e. The van der Waals surface area contributed by atoms with Crippen molar-refractivity contribution in [1.29, 1.82) is 0 Å². The fraction of sp³-hybridized carbons (Fsp3) is 1.00. The molecule has 0 aliphatic rings. The first-order valence-electron chi connectivity index (χ1n) is 4.21. The second-order valence-corrected chi connectivity index (χ2v) is 7.20. The smallest absolute Gasteiger partial charge is 0.0351 e. The molecule has 0 bridgehead atoms. The molecule has 80 valence electrons. The Morgan fingerprint density at radius 3 is 1.15 bits per heavy atom. The van der Waals surface area contributed by atoms with Crippen LogP contribution >= 0.6 is 37.8 Å². The van der Waals surface area contributed by atoms with Crippen LogP contribution in [0.1, 0.15) is 41.5 Å². The van der Waals surface area contributed by atoms with E-state index in [-0.39, 0.29) is 11.1 Å². The quantitative estimate of drug-likeness (QED) is 0.564. The minimum atomic E-state index is 0.0278. The number of rotatable bonds is 2. The third-order valence-corrected chi connectivity index (χ3v) is 4.35. The van der Waals surface area contributed by atoms with Crippen LogP contribution in [0.3, 0.4) is 0 Å². The van der Waals surface area contributed by atoms with Gasteiger partial charge in [-0.15, -0.1) is 0 Å². The predicted octanol–water partition coefficient (Wildman–Crippen LogP) is 3.44. The normalized spacial score (nSPS) is 14.3. The molecule has 0 radical (unpaired) electrons. The molecule has 0 aromatic heterocycles. The number of nitrogens with zero attached hydrogens (tertiary/aromatic N) is 2. The first-order chi connectivity index (χ1) is 5.55. The average molecular weight is 240 g/mol. The van der Waals surface area contributed by atoms with Crippen LogP contribution in [0.5, 0.6) is 0 Å². The summed E-state index contributed by atoms with van der Waals surface area (Å²) in [6, 6.07) is 0.